The normalized spacial score (nSPS) is 18.0. The van der Waals surface area contributed by atoms with Crippen molar-refractivity contribution in [3.63, 3.8) is 0 Å². The number of hydrogen-bond acceptors (Lipinski definition) is 4. The highest BCUT2D eigenvalue weighted by atomic mass is 32.1. The van der Waals surface area contributed by atoms with Crippen molar-refractivity contribution in [2.24, 2.45) is 5.92 Å². The molecule has 96 valence electrons. The number of nitrogens with one attached hydrogen (secondary N) is 1. The SMILES string of the molecule is Cc1ncc(C(=O)NC(C#N)C2CCCCC2)s1. The van der Waals surface area contributed by atoms with E-state index >= 15 is 0 Å². The summed E-state index contributed by atoms with van der Waals surface area (Å²) in [6.45, 7) is 1.87. The third-order valence-corrected chi connectivity index (χ3v) is 4.30. The lowest BCUT2D eigenvalue weighted by Crippen LogP contribution is -2.39. The number of aromatic nitrogens is 1. The summed E-state index contributed by atoms with van der Waals surface area (Å²) in [4.78, 5) is 16.6. The molecule has 1 N–H and O–H groups in total. The molecule has 1 aromatic heterocycles. The lowest BCUT2D eigenvalue weighted by Gasteiger charge is -2.26. The van der Waals surface area contributed by atoms with Crippen molar-refractivity contribution in [2.45, 2.75) is 45.1 Å². The maximum absolute atomic E-state index is 12.0. The lowest BCUT2D eigenvalue weighted by molar-refractivity contribution is 0.0933. The van der Waals surface area contributed by atoms with Gasteiger partial charge in [-0.1, -0.05) is 19.3 Å². The molecular weight excluding hydrogens is 246 g/mol. The van der Waals surface area contributed by atoms with Gasteiger partial charge in [-0.2, -0.15) is 5.26 Å². The first-order valence-corrected chi connectivity index (χ1v) is 7.15. The fourth-order valence-corrected chi connectivity index (χ4v) is 3.08. The molecule has 1 heterocycles. The molecule has 1 fully saturated rings. The lowest BCUT2D eigenvalue weighted by atomic mass is 9.84. The van der Waals surface area contributed by atoms with Crippen LogP contribution in [-0.4, -0.2) is 16.9 Å². The standard InChI is InChI=1S/C13H17N3OS/c1-9-15-8-12(18-9)13(17)16-11(7-14)10-5-3-2-4-6-10/h8,10-11H,2-6H2,1H3,(H,16,17). The first kappa shape index (κ1) is 13.0. The average Bonchev–Trinajstić information content (AvgIpc) is 2.83. The molecule has 0 radical (unpaired) electrons. The van der Waals surface area contributed by atoms with Crippen molar-refractivity contribution in [3.8, 4) is 6.07 Å². The topological polar surface area (TPSA) is 65.8 Å². The molecule has 1 aliphatic rings. The van der Waals surface area contributed by atoms with E-state index in [1.807, 2.05) is 6.92 Å². The maximum Gasteiger partial charge on any atom is 0.264 e. The molecule has 1 amide bonds. The van der Waals surface area contributed by atoms with Crippen LogP contribution in [0.2, 0.25) is 0 Å². The van der Waals surface area contributed by atoms with Crippen LogP contribution in [-0.2, 0) is 0 Å². The van der Waals surface area contributed by atoms with Gasteiger partial charge in [-0.25, -0.2) is 4.98 Å². The van der Waals surface area contributed by atoms with E-state index in [1.54, 1.807) is 6.20 Å². The predicted molar refractivity (Wildman–Crippen MR) is 70.3 cm³/mol. The maximum atomic E-state index is 12.0. The molecule has 1 atom stereocenters. The number of carbonyl (C=O) groups excluding carboxylic acids is 1. The number of aryl methyl sites for hydroxylation is 1. The van der Waals surface area contributed by atoms with E-state index in [4.69, 9.17) is 0 Å². The highest BCUT2D eigenvalue weighted by Gasteiger charge is 2.25. The summed E-state index contributed by atoms with van der Waals surface area (Å²) in [5.41, 5.74) is 0. The molecule has 5 heteroatoms. The Morgan fingerprint density at radius 3 is 2.83 bits per heavy atom. The Morgan fingerprint density at radius 2 is 2.28 bits per heavy atom. The summed E-state index contributed by atoms with van der Waals surface area (Å²) in [5, 5.41) is 12.9. The van der Waals surface area contributed by atoms with Crippen molar-refractivity contribution in [1.82, 2.24) is 10.3 Å². The van der Waals surface area contributed by atoms with Crippen molar-refractivity contribution in [2.75, 3.05) is 0 Å². The molecule has 0 aromatic carbocycles. The fourth-order valence-electron chi connectivity index (χ4n) is 2.40. The van der Waals surface area contributed by atoms with E-state index in [0.717, 1.165) is 17.8 Å². The van der Waals surface area contributed by atoms with Crippen molar-refractivity contribution in [3.05, 3.63) is 16.1 Å². The fraction of sp³-hybridized carbons (Fsp3) is 0.615. The Labute approximate surface area is 111 Å². The third-order valence-electron chi connectivity index (χ3n) is 3.39. The first-order valence-electron chi connectivity index (χ1n) is 6.33. The van der Waals surface area contributed by atoms with Gasteiger partial charge in [0.1, 0.15) is 10.9 Å². The highest BCUT2D eigenvalue weighted by molar-refractivity contribution is 7.13. The first-order chi connectivity index (χ1) is 8.70. The third kappa shape index (κ3) is 3.08. The number of carbonyl (C=O) groups is 1. The summed E-state index contributed by atoms with van der Waals surface area (Å²) >= 11 is 1.36. The minimum Gasteiger partial charge on any atom is -0.335 e. The van der Waals surface area contributed by atoms with E-state index in [1.165, 1.54) is 30.6 Å². The van der Waals surface area contributed by atoms with Gasteiger partial charge in [-0.15, -0.1) is 11.3 Å². The number of nitrogens with zero attached hydrogens (tertiary/aromatic N) is 2. The summed E-state index contributed by atoms with van der Waals surface area (Å²) in [6, 6.07) is 1.87. The second kappa shape index (κ2) is 5.96. The van der Waals surface area contributed by atoms with Crippen LogP contribution in [0, 0.1) is 24.2 Å². The second-order valence-electron chi connectivity index (χ2n) is 4.72. The van der Waals surface area contributed by atoms with Crippen LogP contribution in [0.25, 0.3) is 0 Å². The quantitative estimate of drug-likeness (QED) is 0.911. The van der Waals surface area contributed by atoms with E-state index in [-0.39, 0.29) is 11.9 Å². The Bertz CT molecular complexity index is 457. The van der Waals surface area contributed by atoms with Crippen LogP contribution in [0.3, 0.4) is 0 Å². The van der Waals surface area contributed by atoms with Crippen LogP contribution in [0.4, 0.5) is 0 Å². The van der Waals surface area contributed by atoms with Gasteiger partial charge in [0, 0.05) is 0 Å². The largest absolute Gasteiger partial charge is 0.335 e. The minimum atomic E-state index is -0.361. The van der Waals surface area contributed by atoms with Gasteiger partial charge in [0.15, 0.2) is 0 Å². The van der Waals surface area contributed by atoms with Crippen molar-refractivity contribution < 1.29 is 4.79 Å². The molecule has 4 nitrogen and oxygen atoms in total. The van der Waals surface area contributed by atoms with E-state index < -0.39 is 0 Å². The molecule has 18 heavy (non-hydrogen) atoms. The number of amides is 1. The summed E-state index contributed by atoms with van der Waals surface area (Å²) < 4.78 is 0. The van der Waals surface area contributed by atoms with Gasteiger partial charge in [-0.3, -0.25) is 4.79 Å². The number of rotatable bonds is 3. The molecule has 1 aromatic rings. The Kier molecular flexibility index (Phi) is 4.32. The summed E-state index contributed by atoms with van der Waals surface area (Å²) in [5.74, 6) is 0.138. The molecule has 1 unspecified atom stereocenters. The molecular formula is C13H17N3OS. The smallest absolute Gasteiger partial charge is 0.264 e. The molecule has 2 rings (SSSR count). The van der Waals surface area contributed by atoms with E-state index in [0.29, 0.717) is 10.8 Å². The zero-order valence-corrected chi connectivity index (χ0v) is 11.3. The summed E-state index contributed by atoms with van der Waals surface area (Å²) in [7, 11) is 0. The Hall–Kier alpha value is -1.41. The van der Waals surface area contributed by atoms with Crippen LogP contribution in [0.5, 0.6) is 0 Å². The number of nitriles is 1. The van der Waals surface area contributed by atoms with Gasteiger partial charge in [0.05, 0.1) is 17.3 Å². The zero-order valence-electron chi connectivity index (χ0n) is 10.5. The van der Waals surface area contributed by atoms with Crippen LogP contribution in [0.15, 0.2) is 6.20 Å². The van der Waals surface area contributed by atoms with Gasteiger partial charge in [0.25, 0.3) is 5.91 Å². The highest BCUT2D eigenvalue weighted by Crippen LogP contribution is 2.26. The van der Waals surface area contributed by atoms with Crippen molar-refractivity contribution in [1.29, 1.82) is 5.26 Å². The molecule has 0 aliphatic heterocycles. The van der Waals surface area contributed by atoms with Crippen LogP contribution in [0.1, 0.15) is 46.8 Å². The zero-order chi connectivity index (χ0) is 13.0. The second-order valence-corrected chi connectivity index (χ2v) is 5.96. The average molecular weight is 263 g/mol. The van der Waals surface area contributed by atoms with Gasteiger partial charge in [-0.05, 0) is 25.7 Å². The number of thiazole rings is 1. The molecule has 0 spiro atoms. The van der Waals surface area contributed by atoms with Crippen LogP contribution < -0.4 is 5.32 Å². The minimum absolute atomic E-state index is 0.169. The monoisotopic (exact) mass is 263 g/mol. The van der Waals surface area contributed by atoms with Gasteiger partial charge < -0.3 is 5.32 Å². The van der Waals surface area contributed by atoms with Crippen molar-refractivity contribution >= 4 is 17.2 Å². The molecule has 1 saturated carbocycles. The Balaban J connectivity index is 1.98. The molecule has 1 aliphatic carbocycles. The van der Waals surface area contributed by atoms with Crippen LogP contribution >= 0.6 is 11.3 Å². The molecule has 0 saturated heterocycles. The van der Waals surface area contributed by atoms with Gasteiger partial charge >= 0.3 is 0 Å². The Morgan fingerprint density at radius 1 is 1.56 bits per heavy atom. The summed E-state index contributed by atoms with van der Waals surface area (Å²) in [6.07, 6.45) is 7.23. The number of hydrogen-bond donors (Lipinski definition) is 1. The van der Waals surface area contributed by atoms with E-state index in [9.17, 15) is 10.1 Å². The predicted octanol–water partition coefficient (Wildman–Crippen LogP) is 2.65. The van der Waals surface area contributed by atoms with Gasteiger partial charge in [0.2, 0.25) is 0 Å². The van der Waals surface area contributed by atoms with E-state index in [2.05, 4.69) is 16.4 Å². The molecule has 0 bridgehead atoms.